The topological polar surface area (TPSA) is 86.5 Å². The van der Waals surface area contributed by atoms with E-state index >= 15 is 0 Å². The number of nitrogens with zero attached hydrogens (tertiary/aromatic N) is 4. The Balaban J connectivity index is 1.52. The van der Waals surface area contributed by atoms with E-state index in [9.17, 15) is 10.5 Å². The highest BCUT2D eigenvalue weighted by atomic mass is 16.3. The number of furan rings is 1. The zero-order valence-electron chi connectivity index (χ0n) is 18.3. The molecule has 2 heterocycles. The molecule has 0 spiro atoms. The van der Waals surface area contributed by atoms with E-state index in [2.05, 4.69) is 76.7 Å². The van der Waals surface area contributed by atoms with Gasteiger partial charge < -0.3 is 4.42 Å². The standard InChI is InChI=1S/C30H14N4O/c31-15-26-30-29(34-28(16-32)33-26)25-14-18(10-12-27(25)35-30)17-9-11-23-21-7-2-1-5-19(21)20-6-3-4-8-22(20)24(23)13-17/h1-14H. The number of aromatic nitrogens is 2. The molecule has 5 heteroatoms. The summed E-state index contributed by atoms with van der Waals surface area (Å²) in [6.45, 7) is 0. The molecule has 0 saturated heterocycles. The summed E-state index contributed by atoms with van der Waals surface area (Å²) >= 11 is 0. The third-order valence-corrected chi connectivity index (χ3v) is 6.60. The predicted octanol–water partition coefficient (Wildman–Crippen LogP) is 7.25. The van der Waals surface area contributed by atoms with Gasteiger partial charge >= 0.3 is 0 Å². The Morgan fingerprint density at radius 1 is 0.571 bits per heavy atom. The monoisotopic (exact) mass is 446 g/mol. The second-order valence-corrected chi connectivity index (χ2v) is 8.46. The van der Waals surface area contributed by atoms with E-state index in [1.165, 1.54) is 32.3 Å². The summed E-state index contributed by atoms with van der Waals surface area (Å²) in [7, 11) is 0. The van der Waals surface area contributed by atoms with E-state index < -0.39 is 0 Å². The molecule has 0 aliphatic rings. The van der Waals surface area contributed by atoms with Crippen molar-refractivity contribution in [2.75, 3.05) is 0 Å². The van der Waals surface area contributed by atoms with E-state index in [1.807, 2.05) is 30.3 Å². The van der Waals surface area contributed by atoms with E-state index in [-0.39, 0.29) is 11.5 Å². The molecule has 2 aromatic heterocycles. The second-order valence-electron chi connectivity index (χ2n) is 8.46. The summed E-state index contributed by atoms with van der Waals surface area (Å²) in [5.74, 6) is -0.0498. The van der Waals surface area contributed by atoms with Crippen LogP contribution in [0.1, 0.15) is 11.5 Å². The zero-order valence-corrected chi connectivity index (χ0v) is 18.3. The highest BCUT2D eigenvalue weighted by Gasteiger charge is 2.17. The SMILES string of the molecule is N#Cc1nc(C#N)c2oc3ccc(-c4ccc5c6ccccc6c6ccccc6c5c4)cc3c2n1. The van der Waals surface area contributed by atoms with Crippen molar-refractivity contribution in [1.82, 2.24) is 9.97 Å². The van der Waals surface area contributed by atoms with E-state index in [1.54, 1.807) is 0 Å². The van der Waals surface area contributed by atoms with Crippen LogP contribution in [0.15, 0.2) is 89.3 Å². The van der Waals surface area contributed by atoms with E-state index in [4.69, 9.17) is 4.42 Å². The third-order valence-electron chi connectivity index (χ3n) is 6.60. The Kier molecular flexibility index (Phi) is 3.91. The minimum atomic E-state index is -0.0498. The Hall–Kier alpha value is -5.26. The molecule has 0 unspecified atom stereocenters. The summed E-state index contributed by atoms with van der Waals surface area (Å²) in [4.78, 5) is 8.31. The predicted molar refractivity (Wildman–Crippen MR) is 137 cm³/mol. The number of benzene rings is 5. The van der Waals surface area contributed by atoms with E-state index in [0.29, 0.717) is 16.7 Å². The fraction of sp³-hybridized carbons (Fsp3) is 0. The Morgan fingerprint density at radius 3 is 1.77 bits per heavy atom. The molecule has 0 aliphatic carbocycles. The van der Waals surface area contributed by atoms with Gasteiger partial charge in [0.1, 0.15) is 23.2 Å². The van der Waals surface area contributed by atoms with Crippen LogP contribution < -0.4 is 0 Å². The lowest BCUT2D eigenvalue weighted by molar-refractivity contribution is 0.663. The molecular weight excluding hydrogens is 432 g/mol. The van der Waals surface area contributed by atoms with Crippen molar-refractivity contribution in [3.63, 3.8) is 0 Å². The molecule has 0 aliphatic heterocycles. The molecule has 0 bridgehead atoms. The van der Waals surface area contributed by atoms with Gasteiger partial charge in [-0.25, -0.2) is 9.97 Å². The number of fused-ring (bicyclic) bond motifs is 9. The number of rotatable bonds is 1. The summed E-state index contributed by atoms with van der Waals surface area (Å²) < 4.78 is 5.88. The van der Waals surface area contributed by atoms with Crippen LogP contribution in [-0.2, 0) is 0 Å². The molecule has 0 fully saturated rings. The van der Waals surface area contributed by atoms with Crippen molar-refractivity contribution in [3.8, 4) is 23.3 Å². The molecule has 0 atom stereocenters. The molecule has 0 amide bonds. The quantitative estimate of drug-likeness (QED) is 0.248. The van der Waals surface area contributed by atoms with Gasteiger partial charge in [-0.1, -0.05) is 66.7 Å². The second kappa shape index (κ2) is 7.12. The normalized spacial score (nSPS) is 11.4. The van der Waals surface area contributed by atoms with Crippen LogP contribution in [0, 0.1) is 22.7 Å². The van der Waals surface area contributed by atoms with Gasteiger partial charge in [0.05, 0.1) is 0 Å². The van der Waals surface area contributed by atoms with Gasteiger partial charge in [0.15, 0.2) is 11.3 Å². The Labute approximate surface area is 199 Å². The summed E-state index contributed by atoms with van der Waals surface area (Å²) in [5, 5.41) is 26.8. The van der Waals surface area contributed by atoms with Crippen molar-refractivity contribution < 1.29 is 4.42 Å². The van der Waals surface area contributed by atoms with Gasteiger partial charge in [-0.05, 0) is 61.6 Å². The molecule has 0 radical (unpaired) electrons. The van der Waals surface area contributed by atoms with Crippen molar-refractivity contribution in [2.45, 2.75) is 0 Å². The maximum absolute atomic E-state index is 9.47. The number of hydrogen-bond acceptors (Lipinski definition) is 5. The Morgan fingerprint density at radius 2 is 1.14 bits per heavy atom. The summed E-state index contributed by atoms with van der Waals surface area (Å²) in [5.41, 5.74) is 3.49. The summed E-state index contributed by atoms with van der Waals surface area (Å²) in [6.07, 6.45) is 0. The van der Waals surface area contributed by atoms with Crippen LogP contribution in [0.2, 0.25) is 0 Å². The minimum absolute atomic E-state index is 0.0498. The number of nitriles is 2. The lowest BCUT2D eigenvalue weighted by atomic mass is 9.92. The molecule has 5 nitrogen and oxygen atoms in total. The zero-order chi connectivity index (χ0) is 23.5. The first-order chi connectivity index (χ1) is 17.2. The molecule has 7 rings (SSSR count). The smallest absolute Gasteiger partial charge is 0.234 e. The van der Waals surface area contributed by atoms with Crippen LogP contribution in [0.25, 0.3) is 65.5 Å². The van der Waals surface area contributed by atoms with Gasteiger partial charge in [-0.2, -0.15) is 10.5 Å². The molecule has 7 aromatic rings. The minimum Gasteiger partial charge on any atom is -0.451 e. The van der Waals surface area contributed by atoms with Crippen molar-refractivity contribution in [2.24, 2.45) is 0 Å². The Bertz CT molecular complexity index is 2060. The van der Waals surface area contributed by atoms with Gasteiger partial charge in [-0.15, -0.1) is 0 Å². The van der Waals surface area contributed by atoms with Gasteiger partial charge in [0, 0.05) is 5.39 Å². The first kappa shape index (κ1) is 19.2. The average Bonchev–Trinajstić information content (AvgIpc) is 3.30. The third kappa shape index (κ3) is 2.73. The van der Waals surface area contributed by atoms with Gasteiger partial charge in [0.2, 0.25) is 5.82 Å². The first-order valence-electron chi connectivity index (χ1n) is 11.1. The molecule has 35 heavy (non-hydrogen) atoms. The lowest BCUT2D eigenvalue weighted by Gasteiger charge is -2.12. The van der Waals surface area contributed by atoms with Crippen molar-refractivity contribution >= 4 is 54.4 Å². The maximum Gasteiger partial charge on any atom is 0.234 e. The van der Waals surface area contributed by atoms with Crippen LogP contribution in [-0.4, -0.2) is 9.97 Å². The van der Waals surface area contributed by atoms with Crippen LogP contribution >= 0.6 is 0 Å². The van der Waals surface area contributed by atoms with Crippen LogP contribution in [0.5, 0.6) is 0 Å². The van der Waals surface area contributed by atoms with Gasteiger partial charge in [-0.3, -0.25) is 0 Å². The van der Waals surface area contributed by atoms with Crippen LogP contribution in [0.3, 0.4) is 0 Å². The van der Waals surface area contributed by atoms with Crippen molar-refractivity contribution in [1.29, 1.82) is 10.5 Å². The largest absolute Gasteiger partial charge is 0.451 e. The number of hydrogen-bond donors (Lipinski definition) is 0. The molecule has 0 N–H and O–H groups in total. The lowest BCUT2D eigenvalue weighted by Crippen LogP contribution is -1.93. The van der Waals surface area contributed by atoms with Crippen LogP contribution in [0.4, 0.5) is 0 Å². The fourth-order valence-corrected chi connectivity index (χ4v) is 5.04. The van der Waals surface area contributed by atoms with Gasteiger partial charge in [0.25, 0.3) is 0 Å². The van der Waals surface area contributed by atoms with Crippen molar-refractivity contribution in [3.05, 3.63) is 96.4 Å². The molecular formula is C30H14N4O. The average molecular weight is 446 g/mol. The highest BCUT2D eigenvalue weighted by molar-refractivity contribution is 6.25. The first-order valence-corrected chi connectivity index (χ1v) is 11.1. The molecule has 160 valence electrons. The summed E-state index contributed by atoms with van der Waals surface area (Å²) in [6, 6.07) is 33.4. The maximum atomic E-state index is 9.47. The molecule has 0 saturated carbocycles. The molecule has 5 aromatic carbocycles. The fourth-order valence-electron chi connectivity index (χ4n) is 5.04. The highest BCUT2D eigenvalue weighted by Crippen LogP contribution is 2.38. The van der Waals surface area contributed by atoms with E-state index in [0.717, 1.165) is 16.5 Å².